The number of halogens is 2. The highest BCUT2D eigenvalue weighted by Gasteiger charge is 2.51. The van der Waals surface area contributed by atoms with E-state index in [1.165, 1.54) is 0 Å². The predicted molar refractivity (Wildman–Crippen MR) is 60.2 cm³/mol. The van der Waals surface area contributed by atoms with E-state index >= 15 is 0 Å². The molecule has 1 saturated heterocycles. The van der Waals surface area contributed by atoms with Crippen LogP contribution in [0.2, 0.25) is 0 Å². The van der Waals surface area contributed by atoms with Gasteiger partial charge in [0.2, 0.25) is 0 Å². The van der Waals surface area contributed by atoms with Crippen LogP contribution in [0, 0.1) is 0 Å². The Labute approximate surface area is 100 Å². The van der Waals surface area contributed by atoms with Gasteiger partial charge in [-0.15, -0.1) is 0 Å². The van der Waals surface area contributed by atoms with Crippen LogP contribution in [0.25, 0.3) is 0 Å². The van der Waals surface area contributed by atoms with Gasteiger partial charge in [0, 0.05) is 18.6 Å². The fourth-order valence-corrected chi connectivity index (χ4v) is 1.70. The summed E-state index contributed by atoms with van der Waals surface area (Å²) in [6.07, 6.45) is -2.14. The molecular weight excluding hydrogens is 230 g/mol. The fourth-order valence-electron chi connectivity index (χ4n) is 1.70. The molecule has 1 aliphatic heterocycles. The third-order valence-corrected chi connectivity index (χ3v) is 2.67. The molecule has 1 heterocycles. The number of hydrogen-bond acceptors (Lipinski definition) is 3. The van der Waals surface area contributed by atoms with E-state index in [-0.39, 0.29) is 25.2 Å². The summed E-state index contributed by atoms with van der Waals surface area (Å²) in [5, 5.41) is 2.44. The van der Waals surface area contributed by atoms with Crippen molar-refractivity contribution >= 4 is 6.09 Å². The van der Waals surface area contributed by atoms with E-state index in [4.69, 9.17) is 4.74 Å². The van der Waals surface area contributed by atoms with Gasteiger partial charge in [0.05, 0.1) is 6.54 Å². The first-order valence-corrected chi connectivity index (χ1v) is 5.81. The summed E-state index contributed by atoms with van der Waals surface area (Å²) < 4.78 is 31.9. The fraction of sp³-hybridized carbons (Fsp3) is 0.909. The number of likely N-dealkylation sites (tertiary alicyclic amines) is 1. The number of carbonyl (C=O) groups is 1. The zero-order chi connectivity index (χ0) is 13.2. The summed E-state index contributed by atoms with van der Waals surface area (Å²) in [7, 11) is 0. The molecule has 1 aliphatic rings. The standard InChI is InChI=1S/C11H20F2N2O2/c1-7(2)14-10(16)17-9-5-15(8(3)4)6-11(9,12)13/h7-9H,5-6H2,1-4H3,(H,14,16)/t9-/m1/s1. The number of hydrogen-bond donors (Lipinski definition) is 1. The molecule has 0 aromatic heterocycles. The van der Waals surface area contributed by atoms with Crippen LogP contribution in [0.3, 0.4) is 0 Å². The Morgan fingerprint density at radius 1 is 1.41 bits per heavy atom. The number of nitrogens with zero attached hydrogens (tertiary/aromatic N) is 1. The van der Waals surface area contributed by atoms with Gasteiger partial charge in [-0.3, -0.25) is 4.90 Å². The molecule has 17 heavy (non-hydrogen) atoms. The Bertz CT molecular complexity index is 283. The van der Waals surface area contributed by atoms with Crippen molar-refractivity contribution in [3.8, 4) is 0 Å². The summed E-state index contributed by atoms with van der Waals surface area (Å²) in [4.78, 5) is 12.9. The minimum atomic E-state index is -2.97. The highest BCUT2D eigenvalue weighted by atomic mass is 19.3. The molecule has 0 bridgehead atoms. The Hall–Kier alpha value is -0.910. The zero-order valence-electron chi connectivity index (χ0n) is 10.7. The monoisotopic (exact) mass is 250 g/mol. The summed E-state index contributed by atoms with van der Waals surface area (Å²) in [6.45, 7) is 6.89. The average Bonchev–Trinajstić information content (AvgIpc) is 2.40. The van der Waals surface area contributed by atoms with Crippen molar-refractivity contribution in [1.82, 2.24) is 10.2 Å². The molecule has 1 amide bonds. The second-order valence-corrected chi connectivity index (χ2v) is 4.98. The summed E-state index contributed by atoms with van der Waals surface area (Å²) in [5.41, 5.74) is 0. The number of rotatable bonds is 3. The first-order chi connectivity index (χ1) is 7.72. The lowest BCUT2D eigenvalue weighted by atomic mass is 10.2. The molecule has 100 valence electrons. The molecule has 6 heteroatoms. The molecule has 0 spiro atoms. The molecule has 1 rings (SSSR count). The van der Waals surface area contributed by atoms with Crippen LogP contribution in [0.5, 0.6) is 0 Å². The van der Waals surface area contributed by atoms with Crippen molar-refractivity contribution < 1.29 is 18.3 Å². The van der Waals surface area contributed by atoms with Gasteiger partial charge in [-0.05, 0) is 27.7 Å². The number of amides is 1. The van der Waals surface area contributed by atoms with Crippen LogP contribution in [-0.4, -0.2) is 48.2 Å². The number of carbonyl (C=O) groups excluding carboxylic acids is 1. The van der Waals surface area contributed by atoms with Gasteiger partial charge < -0.3 is 10.1 Å². The lowest BCUT2D eigenvalue weighted by Crippen LogP contribution is -2.40. The van der Waals surface area contributed by atoms with Crippen LogP contribution in [0.15, 0.2) is 0 Å². The Balaban J connectivity index is 2.56. The highest BCUT2D eigenvalue weighted by Crippen LogP contribution is 2.31. The number of alkyl carbamates (subject to hydrolysis) is 1. The lowest BCUT2D eigenvalue weighted by Gasteiger charge is -2.19. The number of nitrogens with one attached hydrogen (secondary N) is 1. The molecule has 0 unspecified atom stereocenters. The third-order valence-electron chi connectivity index (χ3n) is 2.67. The van der Waals surface area contributed by atoms with Crippen molar-refractivity contribution in [2.45, 2.75) is 51.8 Å². The van der Waals surface area contributed by atoms with Gasteiger partial charge in [-0.25, -0.2) is 13.6 Å². The maximum atomic E-state index is 13.6. The third kappa shape index (κ3) is 3.80. The Kier molecular flexibility index (Phi) is 4.30. The molecule has 0 aromatic rings. The van der Waals surface area contributed by atoms with Crippen LogP contribution in [-0.2, 0) is 4.74 Å². The largest absolute Gasteiger partial charge is 0.438 e. The summed E-state index contributed by atoms with van der Waals surface area (Å²) >= 11 is 0. The lowest BCUT2D eigenvalue weighted by molar-refractivity contribution is -0.0783. The van der Waals surface area contributed by atoms with E-state index in [1.54, 1.807) is 18.7 Å². The molecule has 0 aromatic carbocycles. The van der Waals surface area contributed by atoms with Crippen molar-refractivity contribution in [2.24, 2.45) is 0 Å². The van der Waals surface area contributed by atoms with E-state index < -0.39 is 18.1 Å². The minimum Gasteiger partial charge on any atom is -0.438 e. The average molecular weight is 250 g/mol. The SMILES string of the molecule is CC(C)NC(=O)O[C@@H]1CN(C(C)C)CC1(F)F. The van der Waals surface area contributed by atoms with E-state index in [0.29, 0.717) is 0 Å². The van der Waals surface area contributed by atoms with E-state index in [1.807, 2.05) is 13.8 Å². The van der Waals surface area contributed by atoms with Gasteiger partial charge in [0.1, 0.15) is 0 Å². The molecule has 0 radical (unpaired) electrons. The molecule has 1 atom stereocenters. The smallest absolute Gasteiger partial charge is 0.407 e. The maximum absolute atomic E-state index is 13.6. The van der Waals surface area contributed by atoms with E-state index in [0.717, 1.165) is 0 Å². The first kappa shape index (κ1) is 14.2. The van der Waals surface area contributed by atoms with Gasteiger partial charge in [-0.2, -0.15) is 0 Å². The molecular formula is C11H20F2N2O2. The highest BCUT2D eigenvalue weighted by molar-refractivity contribution is 5.67. The van der Waals surface area contributed by atoms with Crippen LogP contribution in [0.1, 0.15) is 27.7 Å². The maximum Gasteiger partial charge on any atom is 0.407 e. The second kappa shape index (κ2) is 5.16. The normalized spacial score (nSPS) is 24.4. The van der Waals surface area contributed by atoms with Crippen LogP contribution >= 0.6 is 0 Å². The molecule has 4 nitrogen and oxygen atoms in total. The minimum absolute atomic E-state index is 0.0163. The quantitative estimate of drug-likeness (QED) is 0.831. The van der Waals surface area contributed by atoms with Crippen molar-refractivity contribution in [3.63, 3.8) is 0 Å². The molecule has 0 aliphatic carbocycles. The van der Waals surface area contributed by atoms with E-state index in [2.05, 4.69) is 5.32 Å². The van der Waals surface area contributed by atoms with Gasteiger partial charge in [0.25, 0.3) is 5.92 Å². The van der Waals surface area contributed by atoms with E-state index in [9.17, 15) is 13.6 Å². The predicted octanol–water partition coefficient (Wildman–Crippen LogP) is 1.85. The Morgan fingerprint density at radius 3 is 2.41 bits per heavy atom. The van der Waals surface area contributed by atoms with Crippen molar-refractivity contribution in [3.05, 3.63) is 0 Å². The van der Waals surface area contributed by atoms with Gasteiger partial charge >= 0.3 is 6.09 Å². The second-order valence-electron chi connectivity index (χ2n) is 4.98. The Morgan fingerprint density at radius 2 is 2.00 bits per heavy atom. The van der Waals surface area contributed by atoms with Gasteiger partial charge in [0.15, 0.2) is 6.10 Å². The summed E-state index contributed by atoms with van der Waals surface area (Å²) in [6, 6.07) is -0.110. The van der Waals surface area contributed by atoms with Crippen molar-refractivity contribution in [2.75, 3.05) is 13.1 Å². The number of alkyl halides is 2. The summed E-state index contributed by atoms with van der Waals surface area (Å²) in [5.74, 6) is -2.97. The first-order valence-electron chi connectivity index (χ1n) is 5.81. The molecule has 1 fully saturated rings. The van der Waals surface area contributed by atoms with Crippen LogP contribution in [0.4, 0.5) is 13.6 Å². The zero-order valence-corrected chi connectivity index (χ0v) is 10.7. The molecule has 0 saturated carbocycles. The topological polar surface area (TPSA) is 41.6 Å². The molecule has 1 N–H and O–H groups in total. The number of ether oxygens (including phenoxy) is 1. The van der Waals surface area contributed by atoms with Crippen molar-refractivity contribution in [1.29, 1.82) is 0 Å². The van der Waals surface area contributed by atoms with Gasteiger partial charge in [-0.1, -0.05) is 0 Å². The van der Waals surface area contributed by atoms with Crippen LogP contribution < -0.4 is 5.32 Å².